The van der Waals surface area contributed by atoms with Crippen LogP contribution in [0.25, 0.3) is 28.2 Å². The summed E-state index contributed by atoms with van der Waals surface area (Å²) in [5.74, 6) is 0.716. The summed E-state index contributed by atoms with van der Waals surface area (Å²) < 4.78 is 7.24. The molecule has 23 heavy (non-hydrogen) atoms. The van der Waals surface area contributed by atoms with E-state index in [1.807, 2.05) is 53.9 Å². The molecule has 3 aromatic heterocycles. The highest BCUT2D eigenvalue weighted by Crippen LogP contribution is 2.33. The molecular weight excluding hydrogens is 288 g/mol. The molecule has 5 heteroatoms. The molecule has 1 aromatic carbocycles. The highest BCUT2D eigenvalue weighted by atomic mass is 16.5. The summed E-state index contributed by atoms with van der Waals surface area (Å²) in [6, 6.07) is 15.6. The molecule has 0 aliphatic rings. The third kappa shape index (κ3) is 2.17. The summed E-state index contributed by atoms with van der Waals surface area (Å²) >= 11 is 0. The highest BCUT2D eigenvalue weighted by molar-refractivity contribution is 5.80. The molecule has 3 heterocycles. The Hall–Kier alpha value is -3.39. The van der Waals surface area contributed by atoms with Crippen molar-refractivity contribution in [3.63, 3.8) is 0 Å². The van der Waals surface area contributed by atoms with Crippen LogP contribution >= 0.6 is 0 Å². The zero-order chi connectivity index (χ0) is 15.8. The van der Waals surface area contributed by atoms with Gasteiger partial charge in [-0.25, -0.2) is 4.98 Å². The standard InChI is InChI=1S/C18H12N4O/c1-12-17(18(21-23-12)14-5-3-2-4-6-14)15-11-22-10-13(9-19)7-8-16(22)20-15/h2-8,10-11H,1H3. The first-order valence-electron chi connectivity index (χ1n) is 7.17. The Morgan fingerprint density at radius 2 is 1.91 bits per heavy atom. The molecule has 0 amide bonds. The number of hydrogen-bond acceptors (Lipinski definition) is 4. The first kappa shape index (κ1) is 13.3. The fourth-order valence-electron chi connectivity index (χ4n) is 2.65. The van der Waals surface area contributed by atoms with Gasteiger partial charge in [-0.3, -0.25) is 0 Å². The van der Waals surface area contributed by atoms with Crippen molar-refractivity contribution in [2.24, 2.45) is 0 Å². The molecule has 110 valence electrons. The van der Waals surface area contributed by atoms with Crippen molar-refractivity contribution in [3.05, 3.63) is 66.2 Å². The SMILES string of the molecule is Cc1onc(-c2ccccc2)c1-c1cn2cc(C#N)ccc2n1. The first-order valence-corrected chi connectivity index (χ1v) is 7.17. The smallest absolute Gasteiger partial charge is 0.143 e. The van der Waals surface area contributed by atoms with Crippen LogP contribution in [0.15, 0.2) is 59.4 Å². The van der Waals surface area contributed by atoms with E-state index in [0.29, 0.717) is 11.3 Å². The van der Waals surface area contributed by atoms with Crippen molar-refractivity contribution in [2.45, 2.75) is 6.92 Å². The lowest BCUT2D eigenvalue weighted by Gasteiger charge is -1.99. The van der Waals surface area contributed by atoms with Gasteiger partial charge in [-0.1, -0.05) is 35.5 Å². The zero-order valence-electron chi connectivity index (χ0n) is 12.4. The largest absolute Gasteiger partial charge is 0.360 e. The van der Waals surface area contributed by atoms with Gasteiger partial charge >= 0.3 is 0 Å². The fraction of sp³-hybridized carbons (Fsp3) is 0.0556. The molecule has 0 saturated heterocycles. The van der Waals surface area contributed by atoms with Crippen molar-refractivity contribution >= 4 is 5.65 Å². The second-order valence-corrected chi connectivity index (χ2v) is 5.25. The van der Waals surface area contributed by atoms with Gasteiger partial charge in [0.15, 0.2) is 0 Å². The summed E-state index contributed by atoms with van der Waals surface area (Å²) in [4.78, 5) is 4.63. The van der Waals surface area contributed by atoms with Gasteiger partial charge in [0, 0.05) is 18.0 Å². The normalized spacial score (nSPS) is 10.8. The maximum Gasteiger partial charge on any atom is 0.143 e. The van der Waals surface area contributed by atoms with E-state index in [2.05, 4.69) is 16.2 Å². The molecule has 0 unspecified atom stereocenters. The third-order valence-electron chi connectivity index (χ3n) is 3.75. The monoisotopic (exact) mass is 300 g/mol. The molecule has 0 aliphatic carbocycles. The fourth-order valence-corrected chi connectivity index (χ4v) is 2.65. The van der Waals surface area contributed by atoms with Crippen LogP contribution in [-0.2, 0) is 0 Å². The molecule has 0 saturated carbocycles. The molecular formula is C18H12N4O. The number of rotatable bonds is 2. The average molecular weight is 300 g/mol. The molecule has 0 fully saturated rings. The van der Waals surface area contributed by atoms with Gasteiger partial charge in [-0.15, -0.1) is 0 Å². The van der Waals surface area contributed by atoms with E-state index < -0.39 is 0 Å². The van der Waals surface area contributed by atoms with E-state index in [1.54, 1.807) is 12.3 Å². The van der Waals surface area contributed by atoms with E-state index in [1.165, 1.54) is 0 Å². The minimum absolute atomic E-state index is 0.590. The number of nitriles is 1. The number of aryl methyl sites for hydroxylation is 1. The van der Waals surface area contributed by atoms with Crippen molar-refractivity contribution in [1.29, 1.82) is 5.26 Å². The number of hydrogen-bond donors (Lipinski definition) is 0. The lowest BCUT2D eigenvalue weighted by Crippen LogP contribution is -1.84. The van der Waals surface area contributed by atoms with E-state index in [0.717, 1.165) is 28.2 Å². The second-order valence-electron chi connectivity index (χ2n) is 5.25. The van der Waals surface area contributed by atoms with Crippen LogP contribution in [0.1, 0.15) is 11.3 Å². The molecule has 4 rings (SSSR count). The van der Waals surface area contributed by atoms with Crippen LogP contribution in [0.3, 0.4) is 0 Å². The topological polar surface area (TPSA) is 67.1 Å². The van der Waals surface area contributed by atoms with E-state index in [4.69, 9.17) is 9.78 Å². The Balaban J connectivity index is 1.92. The van der Waals surface area contributed by atoms with Gasteiger partial charge in [0.1, 0.15) is 23.2 Å². The minimum atomic E-state index is 0.590. The predicted octanol–water partition coefficient (Wildman–Crippen LogP) is 3.84. The van der Waals surface area contributed by atoms with Crippen LogP contribution in [0.4, 0.5) is 0 Å². The van der Waals surface area contributed by atoms with Gasteiger partial charge in [-0.2, -0.15) is 5.26 Å². The first-order chi connectivity index (χ1) is 11.3. The summed E-state index contributed by atoms with van der Waals surface area (Å²) in [7, 11) is 0. The number of fused-ring (bicyclic) bond motifs is 1. The molecule has 0 spiro atoms. The van der Waals surface area contributed by atoms with Gasteiger partial charge in [0.2, 0.25) is 0 Å². The van der Waals surface area contributed by atoms with E-state index >= 15 is 0 Å². The van der Waals surface area contributed by atoms with Crippen molar-refractivity contribution < 1.29 is 4.52 Å². The van der Waals surface area contributed by atoms with Crippen LogP contribution in [-0.4, -0.2) is 14.5 Å². The average Bonchev–Trinajstić information content (AvgIpc) is 3.17. The van der Waals surface area contributed by atoms with Crippen molar-refractivity contribution in [2.75, 3.05) is 0 Å². The Labute approximate surface area is 132 Å². The van der Waals surface area contributed by atoms with Gasteiger partial charge < -0.3 is 8.92 Å². The summed E-state index contributed by atoms with van der Waals surface area (Å²) in [5.41, 5.74) is 4.77. The lowest BCUT2D eigenvalue weighted by molar-refractivity contribution is 0.400. The molecule has 0 atom stereocenters. The molecule has 0 N–H and O–H groups in total. The quantitative estimate of drug-likeness (QED) is 0.564. The minimum Gasteiger partial charge on any atom is -0.360 e. The van der Waals surface area contributed by atoms with Gasteiger partial charge in [0.05, 0.1) is 16.8 Å². The zero-order valence-corrected chi connectivity index (χ0v) is 12.4. The molecule has 4 aromatic rings. The second kappa shape index (κ2) is 5.11. The molecule has 5 nitrogen and oxygen atoms in total. The maximum atomic E-state index is 9.02. The van der Waals surface area contributed by atoms with Crippen LogP contribution in [0.5, 0.6) is 0 Å². The summed E-state index contributed by atoms with van der Waals surface area (Å²) in [6.45, 7) is 1.87. The highest BCUT2D eigenvalue weighted by Gasteiger charge is 2.19. The maximum absolute atomic E-state index is 9.02. The Bertz CT molecular complexity index is 1040. The van der Waals surface area contributed by atoms with E-state index in [9.17, 15) is 0 Å². The van der Waals surface area contributed by atoms with Crippen LogP contribution < -0.4 is 0 Å². The Morgan fingerprint density at radius 1 is 1.09 bits per heavy atom. The Kier molecular flexibility index (Phi) is 2.95. The van der Waals surface area contributed by atoms with Crippen molar-refractivity contribution in [1.82, 2.24) is 14.5 Å². The molecule has 0 aliphatic heterocycles. The van der Waals surface area contributed by atoms with E-state index in [-0.39, 0.29) is 0 Å². The Morgan fingerprint density at radius 3 is 2.70 bits per heavy atom. The molecule has 0 bridgehead atoms. The predicted molar refractivity (Wildman–Crippen MR) is 85.6 cm³/mol. The van der Waals surface area contributed by atoms with Crippen molar-refractivity contribution in [3.8, 4) is 28.6 Å². The number of nitrogens with zero attached hydrogens (tertiary/aromatic N) is 4. The van der Waals surface area contributed by atoms with Crippen LogP contribution in [0.2, 0.25) is 0 Å². The lowest BCUT2D eigenvalue weighted by atomic mass is 10.0. The summed E-state index contributed by atoms with van der Waals surface area (Å²) in [5, 5.41) is 13.2. The molecule has 0 radical (unpaired) electrons. The number of benzene rings is 1. The van der Waals surface area contributed by atoms with Crippen LogP contribution in [0, 0.1) is 18.3 Å². The van der Waals surface area contributed by atoms with Gasteiger partial charge in [0.25, 0.3) is 0 Å². The number of imidazole rings is 1. The summed E-state index contributed by atoms with van der Waals surface area (Å²) in [6.07, 6.45) is 3.65. The van der Waals surface area contributed by atoms with Gasteiger partial charge in [-0.05, 0) is 19.1 Å². The number of pyridine rings is 1. The number of aromatic nitrogens is 3. The third-order valence-corrected chi connectivity index (χ3v) is 3.75.